The number of amides is 1. The molecule has 20 heavy (non-hydrogen) atoms. The number of pyridine rings is 1. The topological polar surface area (TPSA) is 81.4 Å². The van der Waals surface area contributed by atoms with Gasteiger partial charge in [0.15, 0.2) is 5.82 Å². The highest BCUT2D eigenvalue weighted by Gasteiger charge is 2.31. The van der Waals surface area contributed by atoms with Gasteiger partial charge in [0.1, 0.15) is 5.56 Å². The Morgan fingerprint density at radius 3 is 3.15 bits per heavy atom. The molecular weight excluding hydrogens is 260 g/mol. The van der Waals surface area contributed by atoms with Crippen LogP contribution in [0.5, 0.6) is 5.88 Å². The van der Waals surface area contributed by atoms with Gasteiger partial charge in [0, 0.05) is 25.2 Å². The summed E-state index contributed by atoms with van der Waals surface area (Å²) in [6.45, 7) is 1.24. The number of ether oxygens (including phenoxy) is 1. The molecule has 2 aromatic rings. The summed E-state index contributed by atoms with van der Waals surface area (Å²) in [5.74, 6) is 1.04. The van der Waals surface area contributed by atoms with Crippen LogP contribution in [0.25, 0.3) is 0 Å². The molecular formula is C13H14N4O3. The number of rotatable bonds is 3. The highest BCUT2D eigenvalue weighted by Crippen LogP contribution is 2.27. The number of carbonyl (C=O) groups excluding carboxylic acids is 1. The summed E-state index contributed by atoms with van der Waals surface area (Å²) in [6.07, 6.45) is 3.74. The van der Waals surface area contributed by atoms with Gasteiger partial charge < -0.3 is 14.2 Å². The zero-order valence-corrected chi connectivity index (χ0v) is 11.0. The molecule has 0 N–H and O–H groups in total. The standard InChI is InChI=1S/C13H14N4O3/c1-19-12-10(3-2-5-14-12)13(18)17-6-4-9(7-17)11-15-8-20-16-11/h2-3,5,8-9H,4,6-7H2,1H3/t9-/m1/s1. The Morgan fingerprint density at radius 1 is 1.50 bits per heavy atom. The van der Waals surface area contributed by atoms with E-state index in [9.17, 15) is 4.79 Å². The predicted molar refractivity (Wildman–Crippen MR) is 68.3 cm³/mol. The summed E-state index contributed by atoms with van der Waals surface area (Å²) >= 11 is 0. The second-order valence-corrected chi connectivity index (χ2v) is 4.59. The summed E-state index contributed by atoms with van der Waals surface area (Å²) in [6, 6.07) is 3.44. The lowest BCUT2D eigenvalue weighted by atomic mass is 10.1. The summed E-state index contributed by atoms with van der Waals surface area (Å²) in [5, 5.41) is 3.84. The molecule has 1 aliphatic heterocycles. The van der Waals surface area contributed by atoms with Gasteiger partial charge in [-0.15, -0.1) is 0 Å². The molecule has 2 aromatic heterocycles. The van der Waals surface area contributed by atoms with E-state index in [0.29, 0.717) is 30.4 Å². The van der Waals surface area contributed by atoms with Gasteiger partial charge >= 0.3 is 0 Å². The van der Waals surface area contributed by atoms with Gasteiger partial charge in [-0.05, 0) is 18.6 Å². The van der Waals surface area contributed by atoms with E-state index in [2.05, 4.69) is 15.1 Å². The molecule has 0 unspecified atom stereocenters. The first-order chi connectivity index (χ1) is 9.79. The van der Waals surface area contributed by atoms with Crippen LogP contribution in [-0.2, 0) is 0 Å². The maximum absolute atomic E-state index is 12.5. The molecule has 1 aliphatic rings. The zero-order chi connectivity index (χ0) is 13.9. The van der Waals surface area contributed by atoms with Crippen molar-refractivity contribution in [1.29, 1.82) is 0 Å². The van der Waals surface area contributed by atoms with Gasteiger partial charge in [0.05, 0.1) is 7.11 Å². The second-order valence-electron chi connectivity index (χ2n) is 4.59. The molecule has 1 fully saturated rings. The van der Waals surface area contributed by atoms with Crippen LogP contribution in [0, 0.1) is 0 Å². The van der Waals surface area contributed by atoms with Crippen molar-refractivity contribution in [3.63, 3.8) is 0 Å². The third-order valence-electron chi connectivity index (χ3n) is 3.41. The van der Waals surface area contributed by atoms with Crippen molar-refractivity contribution in [1.82, 2.24) is 20.0 Å². The van der Waals surface area contributed by atoms with E-state index < -0.39 is 0 Å². The number of nitrogens with zero attached hydrogens (tertiary/aromatic N) is 4. The van der Waals surface area contributed by atoms with Crippen molar-refractivity contribution in [3.05, 3.63) is 36.1 Å². The van der Waals surface area contributed by atoms with Crippen molar-refractivity contribution in [2.75, 3.05) is 20.2 Å². The van der Waals surface area contributed by atoms with E-state index >= 15 is 0 Å². The Hall–Kier alpha value is -2.44. The highest BCUT2D eigenvalue weighted by molar-refractivity contribution is 5.96. The summed E-state index contributed by atoms with van der Waals surface area (Å²) in [4.78, 5) is 22.3. The minimum Gasteiger partial charge on any atom is -0.480 e. The molecule has 7 heteroatoms. The molecule has 3 heterocycles. The fraction of sp³-hybridized carbons (Fsp3) is 0.385. The van der Waals surface area contributed by atoms with Crippen molar-refractivity contribution in [2.24, 2.45) is 0 Å². The number of carbonyl (C=O) groups is 1. The van der Waals surface area contributed by atoms with Crippen molar-refractivity contribution < 1.29 is 14.1 Å². The number of likely N-dealkylation sites (tertiary alicyclic amines) is 1. The first-order valence-corrected chi connectivity index (χ1v) is 6.34. The fourth-order valence-electron chi connectivity index (χ4n) is 2.40. The molecule has 7 nitrogen and oxygen atoms in total. The van der Waals surface area contributed by atoms with Crippen LogP contribution in [0.15, 0.2) is 29.2 Å². The molecule has 0 aliphatic carbocycles. The first-order valence-electron chi connectivity index (χ1n) is 6.34. The van der Waals surface area contributed by atoms with E-state index in [1.54, 1.807) is 23.2 Å². The van der Waals surface area contributed by atoms with E-state index in [1.165, 1.54) is 13.5 Å². The maximum Gasteiger partial charge on any atom is 0.259 e. The maximum atomic E-state index is 12.5. The van der Waals surface area contributed by atoms with E-state index in [0.717, 1.165) is 6.42 Å². The third kappa shape index (κ3) is 2.22. The average molecular weight is 274 g/mol. The molecule has 0 aromatic carbocycles. The lowest BCUT2D eigenvalue weighted by molar-refractivity contribution is 0.0786. The molecule has 0 saturated carbocycles. The molecule has 1 atom stereocenters. The lowest BCUT2D eigenvalue weighted by Gasteiger charge is -2.16. The van der Waals surface area contributed by atoms with E-state index in [1.807, 2.05) is 0 Å². The Morgan fingerprint density at radius 2 is 2.40 bits per heavy atom. The summed E-state index contributed by atoms with van der Waals surface area (Å²) in [7, 11) is 1.51. The predicted octanol–water partition coefficient (Wildman–Crippen LogP) is 1.10. The number of aromatic nitrogens is 3. The van der Waals surface area contributed by atoms with Crippen LogP contribution in [0.3, 0.4) is 0 Å². The highest BCUT2D eigenvalue weighted by atomic mass is 16.5. The number of hydrogen-bond donors (Lipinski definition) is 0. The van der Waals surface area contributed by atoms with Gasteiger partial charge in [-0.3, -0.25) is 4.79 Å². The minimum absolute atomic E-state index is 0.0825. The van der Waals surface area contributed by atoms with Gasteiger partial charge in [0.25, 0.3) is 5.91 Å². The van der Waals surface area contributed by atoms with Gasteiger partial charge in [-0.1, -0.05) is 5.16 Å². The van der Waals surface area contributed by atoms with Crippen LogP contribution in [0.1, 0.15) is 28.5 Å². The van der Waals surface area contributed by atoms with Gasteiger partial charge in [-0.25, -0.2) is 4.98 Å². The Labute approximate surface area is 115 Å². The quantitative estimate of drug-likeness (QED) is 0.833. The monoisotopic (exact) mass is 274 g/mol. The SMILES string of the molecule is COc1ncccc1C(=O)N1CC[C@@H](c2ncon2)C1. The van der Waals surface area contributed by atoms with Crippen LogP contribution in [0.2, 0.25) is 0 Å². The van der Waals surface area contributed by atoms with Crippen molar-refractivity contribution in [2.45, 2.75) is 12.3 Å². The van der Waals surface area contributed by atoms with Crippen LogP contribution >= 0.6 is 0 Å². The Balaban J connectivity index is 1.76. The van der Waals surface area contributed by atoms with Gasteiger partial charge in [-0.2, -0.15) is 4.98 Å². The van der Waals surface area contributed by atoms with E-state index in [4.69, 9.17) is 9.26 Å². The normalized spacial score (nSPS) is 18.2. The van der Waals surface area contributed by atoms with Crippen molar-refractivity contribution >= 4 is 5.91 Å². The minimum atomic E-state index is -0.0825. The van der Waals surface area contributed by atoms with Crippen LogP contribution < -0.4 is 4.74 Å². The fourth-order valence-corrected chi connectivity index (χ4v) is 2.40. The lowest BCUT2D eigenvalue weighted by Crippen LogP contribution is -2.29. The Bertz CT molecular complexity index is 599. The molecule has 104 valence electrons. The Kier molecular flexibility index (Phi) is 3.32. The van der Waals surface area contributed by atoms with E-state index in [-0.39, 0.29) is 11.8 Å². The molecule has 0 radical (unpaired) electrons. The number of methoxy groups -OCH3 is 1. The first kappa shape index (κ1) is 12.6. The van der Waals surface area contributed by atoms with Crippen molar-refractivity contribution in [3.8, 4) is 5.88 Å². The summed E-state index contributed by atoms with van der Waals surface area (Å²) < 4.78 is 9.88. The second kappa shape index (κ2) is 5.28. The molecule has 1 saturated heterocycles. The molecule has 1 amide bonds. The van der Waals surface area contributed by atoms with Crippen LogP contribution in [-0.4, -0.2) is 46.1 Å². The summed E-state index contributed by atoms with van der Waals surface area (Å²) in [5.41, 5.74) is 0.476. The molecule has 0 bridgehead atoms. The van der Waals surface area contributed by atoms with Gasteiger partial charge in [0.2, 0.25) is 12.3 Å². The zero-order valence-electron chi connectivity index (χ0n) is 11.0. The smallest absolute Gasteiger partial charge is 0.259 e. The average Bonchev–Trinajstić information content (AvgIpc) is 3.16. The molecule has 3 rings (SSSR count). The third-order valence-corrected chi connectivity index (χ3v) is 3.41. The largest absolute Gasteiger partial charge is 0.480 e. The molecule has 0 spiro atoms. The number of hydrogen-bond acceptors (Lipinski definition) is 6. The van der Waals surface area contributed by atoms with Crippen LogP contribution in [0.4, 0.5) is 0 Å².